The van der Waals surface area contributed by atoms with Gasteiger partial charge in [0.25, 0.3) is 0 Å². The molecule has 2 nitrogen and oxygen atoms in total. The minimum atomic E-state index is -0.0617. The van der Waals surface area contributed by atoms with Gasteiger partial charge in [-0.1, -0.05) is 30.4 Å². The number of carbonyl (C=O) groups excluding carboxylic acids is 1. The standard InChI is InChI=1S/C13H14O2/c14-13-11-7-2-1-5-9(11)10-6-3-4-8-12(10)15-13/h1-2,4-5,7-12H,3,6H2. The lowest BCUT2D eigenvalue weighted by atomic mass is 9.71. The molecule has 1 heterocycles. The number of hydrogen-bond acceptors (Lipinski definition) is 2. The predicted molar refractivity (Wildman–Crippen MR) is 57.0 cm³/mol. The van der Waals surface area contributed by atoms with Crippen molar-refractivity contribution in [3.05, 3.63) is 36.5 Å². The van der Waals surface area contributed by atoms with Crippen molar-refractivity contribution in [3.8, 4) is 0 Å². The largest absolute Gasteiger partial charge is 0.457 e. The van der Waals surface area contributed by atoms with E-state index in [9.17, 15) is 4.79 Å². The molecule has 15 heavy (non-hydrogen) atoms. The first-order valence-electron chi connectivity index (χ1n) is 5.58. The van der Waals surface area contributed by atoms with Crippen LogP contribution in [0, 0.1) is 17.8 Å². The van der Waals surface area contributed by atoms with E-state index in [1.165, 1.54) is 0 Å². The molecule has 2 aliphatic carbocycles. The molecule has 0 amide bonds. The maximum absolute atomic E-state index is 11.7. The van der Waals surface area contributed by atoms with Crippen molar-refractivity contribution in [3.63, 3.8) is 0 Å². The summed E-state index contributed by atoms with van der Waals surface area (Å²) >= 11 is 0. The molecule has 0 N–H and O–H groups in total. The molecule has 4 unspecified atom stereocenters. The third-order valence-electron chi connectivity index (χ3n) is 3.61. The van der Waals surface area contributed by atoms with Crippen LogP contribution in [-0.4, -0.2) is 12.1 Å². The highest BCUT2D eigenvalue weighted by Crippen LogP contribution is 2.40. The van der Waals surface area contributed by atoms with E-state index in [1.807, 2.05) is 12.2 Å². The van der Waals surface area contributed by atoms with Crippen LogP contribution in [0.2, 0.25) is 0 Å². The molecule has 0 aromatic carbocycles. The summed E-state index contributed by atoms with van der Waals surface area (Å²) in [6, 6.07) is 0. The van der Waals surface area contributed by atoms with Crippen molar-refractivity contribution >= 4 is 5.97 Å². The molecule has 3 aliphatic rings. The maximum atomic E-state index is 11.7. The van der Waals surface area contributed by atoms with E-state index in [2.05, 4.69) is 24.3 Å². The molecule has 0 aromatic heterocycles. The highest BCUT2D eigenvalue weighted by Gasteiger charge is 2.43. The van der Waals surface area contributed by atoms with Crippen LogP contribution in [0.15, 0.2) is 36.5 Å². The van der Waals surface area contributed by atoms with Gasteiger partial charge < -0.3 is 4.74 Å². The maximum Gasteiger partial charge on any atom is 0.314 e. The number of rotatable bonds is 0. The van der Waals surface area contributed by atoms with Crippen molar-refractivity contribution in [1.82, 2.24) is 0 Å². The lowest BCUT2D eigenvalue weighted by molar-refractivity contribution is -0.163. The highest BCUT2D eigenvalue weighted by molar-refractivity contribution is 5.77. The average molecular weight is 202 g/mol. The molecule has 1 saturated heterocycles. The fourth-order valence-corrected chi connectivity index (χ4v) is 2.85. The summed E-state index contributed by atoms with van der Waals surface area (Å²) in [6.45, 7) is 0. The number of esters is 1. The van der Waals surface area contributed by atoms with Crippen LogP contribution in [0.4, 0.5) is 0 Å². The Morgan fingerprint density at radius 1 is 1.20 bits per heavy atom. The second-order valence-electron chi connectivity index (χ2n) is 4.44. The Morgan fingerprint density at radius 2 is 2.07 bits per heavy atom. The van der Waals surface area contributed by atoms with Crippen LogP contribution in [-0.2, 0) is 9.53 Å². The summed E-state index contributed by atoms with van der Waals surface area (Å²) in [5.74, 6) is 0.737. The molecule has 0 bridgehead atoms. The fourth-order valence-electron chi connectivity index (χ4n) is 2.85. The Labute approximate surface area is 89.3 Å². The van der Waals surface area contributed by atoms with Crippen molar-refractivity contribution in [2.24, 2.45) is 17.8 Å². The number of carbonyl (C=O) groups is 1. The molecular weight excluding hydrogens is 188 g/mol. The molecule has 4 atom stereocenters. The SMILES string of the molecule is O=C1OC2C=CCCC2C2C=CC=CC12. The lowest BCUT2D eigenvalue weighted by Gasteiger charge is -2.41. The molecule has 0 saturated carbocycles. The minimum Gasteiger partial charge on any atom is -0.457 e. The summed E-state index contributed by atoms with van der Waals surface area (Å²) in [6.07, 6.45) is 14.6. The Balaban J connectivity index is 1.94. The van der Waals surface area contributed by atoms with Gasteiger partial charge in [-0.2, -0.15) is 0 Å². The number of hydrogen-bond donors (Lipinski definition) is 0. The van der Waals surface area contributed by atoms with Gasteiger partial charge in [0.15, 0.2) is 0 Å². The van der Waals surface area contributed by atoms with Crippen LogP contribution in [0.1, 0.15) is 12.8 Å². The van der Waals surface area contributed by atoms with E-state index < -0.39 is 0 Å². The van der Waals surface area contributed by atoms with E-state index in [4.69, 9.17) is 4.74 Å². The van der Waals surface area contributed by atoms with Gasteiger partial charge in [0, 0.05) is 11.8 Å². The third-order valence-corrected chi connectivity index (χ3v) is 3.61. The fraction of sp³-hybridized carbons (Fsp3) is 0.462. The first-order chi connectivity index (χ1) is 7.36. The van der Waals surface area contributed by atoms with Gasteiger partial charge in [-0.3, -0.25) is 4.79 Å². The summed E-state index contributed by atoms with van der Waals surface area (Å²) in [5, 5.41) is 0. The number of allylic oxidation sites excluding steroid dienone is 4. The summed E-state index contributed by atoms with van der Waals surface area (Å²) < 4.78 is 5.45. The van der Waals surface area contributed by atoms with Crippen molar-refractivity contribution < 1.29 is 9.53 Å². The van der Waals surface area contributed by atoms with Crippen molar-refractivity contribution in [1.29, 1.82) is 0 Å². The average Bonchev–Trinajstić information content (AvgIpc) is 2.30. The second kappa shape index (κ2) is 3.37. The first kappa shape index (κ1) is 8.96. The molecule has 1 fully saturated rings. The monoisotopic (exact) mass is 202 g/mol. The van der Waals surface area contributed by atoms with Crippen molar-refractivity contribution in [2.75, 3.05) is 0 Å². The number of fused-ring (bicyclic) bond motifs is 3. The van der Waals surface area contributed by atoms with Gasteiger partial charge in [0.2, 0.25) is 0 Å². The predicted octanol–water partition coefficient (Wildman–Crippen LogP) is 2.24. The number of ether oxygens (including phenoxy) is 1. The van der Waals surface area contributed by atoms with E-state index in [-0.39, 0.29) is 18.0 Å². The Hall–Kier alpha value is -1.31. The molecule has 0 spiro atoms. The Kier molecular flexibility index (Phi) is 2.01. The smallest absolute Gasteiger partial charge is 0.314 e. The van der Waals surface area contributed by atoms with Gasteiger partial charge >= 0.3 is 5.97 Å². The summed E-state index contributed by atoms with van der Waals surface area (Å²) in [4.78, 5) is 11.7. The van der Waals surface area contributed by atoms with Crippen LogP contribution in [0.5, 0.6) is 0 Å². The Morgan fingerprint density at radius 3 is 3.00 bits per heavy atom. The normalized spacial score (nSPS) is 42.0. The molecule has 3 rings (SSSR count). The quantitative estimate of drug-likeness (QED) is 0.445. The van der Waals surface area contributed by atoms with Gasteiger partial charge in [0.1, 0.15) is 6.10 Å². The molecule has 1 aliphatic heterocycles. The van der Waals surface area contributed by atoms with E-state index >= 15 is 0 Å². The Bertz CT molecular complexity index is 365. The lowest BCUT2D eigenvalue weighted by Crippen LogP contribution is -2.44. The van der Waals surface area contributed by atoms with Crippen LogP contribution < -0.4 is 0 Å². The van der Waals surface area contributed by atoms with Crippen molar-refractivity contribution in [2.45, 2.75) is 18.9 Å². The van der Waals surface area contributed by atoms with E-state index in [0.717, 1.165) is 12.8 Å². The van der Waals surface area contributed by atoms with Gasteiger partial charge in [-0.15, -0.1) is 0 Å². The zero-order valence-corrected chi connectivity index (χ0v) is 8.50. The van der Waals surface area contributed by atoms with Gasteiger partial charge in [-0.05, 0) is 18.9 Å². The summed E-state index contributed by atoms with van der Waals surface area (Å²) in [5.41, 5.74) is 0. The van der Waals surface area contributed by atoms with E-state index in [0.29, 0.717) is 11.8 Å². The first-order valence-corrected chi connectivity index (χ1v) is 5.58. The second-order valence-corrected chi connectivity index (χ2v) is 4.44. The molecular formula is C13H14O2. The topological polar surface area (TPSA) is 26.3 Å². The molecule has 78 valence electrons. The van der Waals surface area contributed by atoms with Gasteiger partial charge in [0.05, 0.1) is 5.92 Å². The van der Waals surface area contributed by atoms with E-state index in [1.54, 1.807) is 0 Å². The minimum absolute atomic E-state index is 0.0173. The van der Waals surface area contributed by atoms with Crippen LogP contribution in [0.25, 0.3) is 0 Å². The molecule has 0 radical (unpaired) electrons. The zero-order chi connectivity index (χ0) is 10.3. The van der Waals surface area contributed by atoms with Crippen LogP contribution >= 0.6 is 0 Å². The summed E-state index contributed by atoms with van der Waals surface area (Å²) in [7, 11) is 0. The van der Waals surface area contributed by atoms with Gasteiger partial charge in [-0.25, -0.2) is 0 Å². The molecule has 2 heteroatoms. The van der Waals surface area contributed by atoms with Crippen LogP contribution in [0.3, 0.4) is 0 Å². The molecule has 0 aromatic rings. The third kappa shape index (κ3) is 1.36. The zero-order valence-electron chi connectivity index (χ0n) is 8.50. The highest BCUT2D eigenvalue weighted by atomic mass is 16.5.